The number of anilines is 2. The van der Waals surface area contributed by atoms with Crippen LogP contribution in [0.2, 0.25) is 0 Å². The first-order valence-electron chi connectivity index (χ1n) is 23.6. The summed E-state index contributed by atoms with van der Waals surface area (Å²) in [5, 5.41) is 8.43. The van der Waals surface area contributed by atoms with E-state index in [1.165, 1.54) is 20.8 Å². The van der Waals surface area contributed by atoms with Crippen molar-refractivity contribution in [2.45, 2.75) is 125 Å². The minimum Gasteiger partial charge on any atom is -0.458 e. The SMILES string of the molecule is CCN(CC)CCNC(=O)c1c(C)[nH]c(/C=C2\C(=O)Nc3ccc(NC(=O)CCC(=O)OC(C)C(=O)O[C@@H](C)C(=O)O[C@@H](C)C(=O)O[C@@H](C)C(=O)O[C@@H](C)C(=O)O[C@@H](C)C(=O)OCc4ccccc4)cc32)c1C. The molecule has 22 nitrogen and oxygen atoms in total. The van der Waals surface area contributed by atoms with Crippen molar-refractivity contribution in [3.63, 3.8) is 0 Å². The number of nitrogens with one attached hydrogen (secondary N) is 4. The molecule has 22 heteroatoms. The summed E-state index contributed by atoms with van der Waals surface area (Å²) < 4.78 is 35.3. The normalized spacial score (nSPS) is 14.7. The predicted molar refractivity (Wildman–Crippen MR) is 261 cm³/mol. The lowest BCUT2D eigenvalue weighted by molar-refractivity contribution is -0.188. The smallest absolute Gasteiger partial charge is 0.347 e. The standard InChI is InChI=1S/C51H63N5O17/c1-11-56(12-2)23-22-52-45(60)43-27(3)40(53-28(43)4)25-38-37-24-36(18-19-39(37)55-44(38)59)54-41(57)20-21-42(58)68-30(6)47(62)70-32(8)49(64)72-34(10)51(66)73-33(9)50(65)71-31(7)48(63)69-29(5)46(61)67-26-35-16-14-13-15-17-35/h13-19,24-25,29-34,53H,11-12,20-23,26H2,1-10H3,(H,52,60)(H,54,57)(H,55,59)/b38-25-/t29-,30?,31-,32-,33-,34-/m0/s1. The van der Waals surface area contributed by atoms with Gasteiger partial charge in [-0.2, -0.15) is 0 Å². The molecule has 394 valence electrons. The van der Waals surface area contributed by atoms with Crippen molar-refractivity contribution >= 4 is 82.5 Å². The Balaban J connectivity index is 1.18. The molecule has 1 aliphatic rings. The first-order valence-corrected chi connectivity index (χ1v) is 23.6. The highest BCUT2D eigenvalue weighted by molar-refractivity contribution is 6.35. The van der Waals surface area contributed by atoms with E-state index in [4.69, 9.17) is 33.2 Å². The topological polar surface area (TPSA) is 290 Å². The first kappa shape index (κ1) is 57.7. The van der Waals surface area contributed by atoms with Gasteiger partial charge in [0.1, 0.15) is 6.61 Å². The van der Waals surface area contributed by atoms with Crippen molar-refractivity contribution in [1.29, 1.82) is 0 Å². The number of hydrogen-bond acceptors (Lipinski definition) is 18. The number of rotatable bonds is 25. The van der Waals surface area contributed by atoms with E-state index >= 15 is 0 Å². The average Bonchev–Trinajstić information content (AvgIpc) is 3.82. The number of carbonyl (C=O) groups is 10. The zero-order chi connectivity index (χ0) is 54.1. The summed E-state index contributed by atoms with van der Waals surface area (Å²) >= 11 is 0. The third-order valence-electron chi connectivity index (χ3n) is 11.2. The summed E-state index contributed by atoms with van der Waals surface area (Å²) in [5.74, 6) is -8.78. The van der Waals surface area contributed by atoms with Crippen molar-refractivity contribution in [3.05, 3.63) is 82.2 Å². The van der Waals surface area contributed by atoms with Crippen LogP contribution in [-0.4, -0.2) is 132 Å². The van der Waals surface area contributed by atoms with E-state index in [9.17, 15) is 47.9 Å². The Morgan fingerprint density at radius 1 is 0.658 bits per heavy atom. The van der Waals surface area contributed by atoms with E-state index in [0.29, 0.717) is 63.7 Å². The Labute approximate surface area is 422 Å². The third-order valence-corrected chi connectivity index (χ3v) is 11.2. The van der Waals surface area contributed by atoms with E-state index in [0.717, 1.165) is 33.9 Å². The van der Waals surface area contributed by atoms with Crippen LogP contribution in [-0.2, 0) is 82.9 Å². The van der Waals surface area contributed by atoms with Crippen molar-refractivity contribution in [2.75, 3.05) is 36.8 Å². The average molecular weight is 1020 g/mol. The maximum atomic E-state index is 13.1. The summed E-state index contributed by atoms with van der Waals surface area (Å²) in [7, 11) is 0. The Bertz CT molecular complexity index is 2570. The Morgan fingerprint density at radius 3 is 1.68 bits per heavy atom. The van der Waals surface area contributed by atoms with Gasteiger partial charge in [-0.25, -0.2) is 28.8 Å². The largest absolute Gasteiger partial charge is 0.458 e. The Hall–Kier alpha value is -7.88. The third kappa shape index (κ3) is 16.9. The highest BCUT2D eigenvalue weighted by atomic mass is 16.7. The molecular formula is C51H63N5O17. The fourth-order valence-corrected chi connectivity index (χ4v) is 6.95. The minimum absolute atomic E-state index is 0.0548. The highest BCUT2D eigenvalue weighted by Crippen LogP contribution is 2.36. The molecule has 0 radical (unpaired) electrons. The van der Waals surface area contributed by atoms with Gasteiger partial charge in [-0.15, -0.1) is 0 Å². The molecule has 4 rings (SSSR count). The van der Waals surface area contributed by atoms with Gasteiger partial charge in [-0.3, -0.25) is 19.2 Å². The molecule has 2 heterocycles. The number of aromatic nitrogens is 1. The van der Waals surface area contributed by atoms with E-state index in [2.05, 4.69) is 39.7 Å². The maximum absolute atomic E-state index is 13.1. The molecular weight excluding hydrogens is 955 g/mol. The molecule has 73 heavy (non-hydrogen) atoms. The lowest BCUT2D eigenvalue weighted by Crippen LogP contribution is -2.39. The molecule has 0 fully saturated rings. The quantitative estimate of drug-likeness (QED) is 0.0524. The maximum Gasteiger partial charge on any atom is 0.347 e. The minimum atomic E-state index is -1.62. The van der Waals surface area contributed by atoms with E-state index in [1.807, 2.05) is 0 Å². The molecule has 1 aromatic heterocycles. The number of hydrogen-bond donors (Lipinski definition) is 4. The monoisotopic (exact) mass is 1020 g/mol. The molecule has 0 aliphatic carbocycles. The number of ether oxygens (including phenoxy) is 7. The lowest BCUT2D eigenvalue weighted by atomic mass is 10.0. The van der Waals surface area contributed by atoms with Gasteiger partial charge in [0.05, 0.1) is 17.6 Å². The number of likely N-dealkylation sites (N-methyl/N-ethyl adjacent to an activating group) is 1. The van der Waals surface area contributed by atoms with Crippen molar-refractivity contribution in [2.24, 2.45) is 0 Å². The fourth-order valence-electron chi connectivity index (χ4n) is 6.95. The van der Waals surface area contributed by atoms with Crippen LogP contribution in [0, 0.1) is 13.8 Å². The van der Waals surface area contributed by atoms with Crippen LogP contribution in [0.5, 0.6) is 0 Å². The highest BCUT2D eigenvalue weighted by Gasteiger charge is 2.33. The van der Waals surface area contributed by atoms with Gasteiger partial charge in [0.2, 0.25) is 5.91 Å². The molecule has 1 unspecified atom stereocenters. The molecule has 2 aromatic carbocycles. The van der Waals surface area contributed by atoms with E-state index < -0.39 is 90.7 Å². The second-order valence-electron chi connectivity index (χ2n) is 16.9. The summed E-state index contributed by atoms with van der Waals surface area (Å²) in [6.45, 7) is 17.5. The second kappa shape index (κ2) is 27.1. The summed E-state index contributed by atoms with van der Waals surface area (Å²) in [5.41, 5.74) is 4.66. The number of nitrogens with zero attached hydrogens (tertiary/aromatic N) is 1. The summed E-state index contributed by atoms with van der Waals surface area (Å²) in [6.07, 6.45) is -8.37. The zero-order valence-electron chi connectivity index (χ0n) is 42.5. The van der Waals surface area contributed by atoms with Gasteiger partial charge in [0.15, 0.2) is 36.6 Å². The molecule has 0 saturated heterocycles. The van der Waals surface area contributed by atoms with Crippen LogP contribution < -0.4 is 16.0 Å². The van der Waals surface area contributed by atoms with Crippen LogP contribution in [0.1, 0.15) is 107 Å². The number of fused-ring (bicyclic) bond motifs is 1. The van der Waals surface area contributed by atoms with Gasteiger partial charge >= 0.3 is 41.8 Å². The van der Waals surface area contributed by atoms with E-state index in [-0.39, 0.29) is 24.8 Å². The molecule has 1 aliphatic heterocycles. The molecule has 0 spiro atoms. The summed E-state index contributed by atoms with van der Waals surface area (Å²) in [4.78, 5) is 132. The number of esters is 7. The number of aryl methyl sites for hydroxylation is 1. The van der Waals surface area contributed by atoms with Crippen LogP contribution in [0.25, 0.3) is 11.6 Å². The number of aromatic amines is 1. The van der Waals surface area contributed by atoms with Gasteiger partial charge in [-0.05, 0) is 104 Å². The van der Waals surface area contributed by atoms with Crippen LogP contribution in [0.3, 0.4) is 0 Å². The molecule has 3 amide bonds. The van der Waals surface area contributed by atoms with Crippen molar-refractivity contribution in [3.8, 4) is 0 Å². The van der Waals surface area contributed by atoms with Crippen LogP contribution >= 0.6 is 0 Å². The fraction of sp³-hybridized carbons (Fsp3) is 0.451. The Morgan fingerprint density at radius 2 is 1.16 bits per heavy atom. The lowest BCUT2D eigenvalue weighted by Gasteiger charge is -2.20. The molecule has 0 bridgehead atoms. The van der Waals surface area contributed by atoms with Gasteiger partial charge in [0.25, 0.3) is 11.8 Å². The van der Waals surface area contributed by atoms with Crippen molar-refractivity contribution in [1.82, 2.24) is 15.2 Å². The second-order valence-corrected chi connectivity index (χ2v) is 16.9. The zero-order valence-corrected chi connectivity index (χ0v) is 42.5. The molecule has 0 saturated carbocycles. The summed E-state index contributed by atoms with van der Waals surface area (Å²) in [6, 6.07) is 13.6. The van der Waals surface area contributed by atoms with Crippen LogP contribution in [0.15, 0.2) is 48.5 Å². The van der Waals surface area contributed by atoms with Gasteiger partial charge < -0.3 is 59.0 Å². The number of carbonyl (C=O) groups excluding carboxylic acids is 10. The molecule has 4 N–H and O–H groups in total. The van der Waals surface area contributed by atoms with Crippen molar-refractivity contribution < 1.29 is 81.1 Å². The first-order chi connectivity index (χ1) is 34.5. The van der Waals surface area contributed by atoms with Gasteiger partial charge in [-0.1, -0.05) is 44.2 Å². The van der Waals surface area contributed by atoms with E-state index in [1.54, 1.807) is 68.5 Å². The number of H-pyrrole nitrogens is 1. The predicted octanol–water partition coefficient (Wildman–Crippen LogP) is 4.25. The molecule has 6 atom stereocenters. The molecule has 3 aromatic rings. The Kier molecular flexibility index (Phi) is 21.4. The van der Waals surface area contributed by atoms with Gasteiger partial charge in [0, 0.05) is 47.8 Å². The number of amides is 3. The number of benzene rings is 2. The van der Waals surface area contributed by atoms with Crippen LogP contribution in [0.4, 0.5) is 11.4 Å².